The van der Waals surface area contributed by atoms with Crippen molar-refractivity contribution < 1.29 is 23.0 Å². The predicted octanol–water partition coefficient (Wildman–Crippen LogP) is 5.47. The van der Waals surface area contributed by atoms with Crippen molar-refractivity contribution >= 4 is 23.1 Å². The van der Waals surface area contributed by atoms with Gasteiger partial charge in [-0.3, -0.25) is 15.2 Å². The minimum atomic E-state index is -4.55. The Morgan fingerprint density at radius 2 is 1.92 bits per heavy atom. The second-order valence-electron chi connectivity index (χ2n) is 9.85. The standard InChI is InChI=1S/C27H32F3N5O2S2/c1-3-38-21-5-4-20(31-16-21)15-32-24(36)22-12-18-6-11-37-26(23(18)39-22)7-9-35(10-8-26)17(2)19-13-33-25(34-14-19)27(28,29)30/h4-5,12-14,16-17,24,32,36H,3,6-11,15H2,1-2H3. The Morgan fingerprint density at radius 3 is 2.56 bits per heavy atom. The zero-order valence-electron chi connectivity index (χ0n) is 21.9. The molecule has 12 heteroatoms. The zero-order valence-corrected chi connectivity index (χ0v) is 23.5. The highest BCUT2D eigenvalue weighted by molar-refractivity contribution is 7.99. The maximum atomic E-state index is 12.8. The average molecular weight is 580 g/mol. The highest BCUT2D eigenvalue weighted by Crippen LogP contribution is 2.47. The van der Waals surface area contributed by atoms with E-state index in [0.29, 0.717) is 18.7 Å². The van der Waals surface area contributed by atoms with Crippen LogP contribution in [-0.4, -0.2) is 50.4 Å². The lowest BCUT2D eigenvalue weighted by molar-refractivity contribution is -0.145. The Labute approximate surface area is 234 Å². The van der Waals surface area contributed by atoms with E-state index in [-0.39, 0.29) is 6.04 Å². The number of pyridine rings is 1. The minimum Gasteiger partial charge on any atom is -0.373 e. The van der Waals surface area contributed by atoms with Gasteiger partial charge in [-0.15, -0.1) is 23.1 Å². The molecule has 210 valence electrons. The summed E-state index contributed by atoms with van der Waals surface area (Å²) in [5.74, 6) is -0.123. The molecule has 1 fully saturated rings. The number of thiophene rings is 1. The predicted molar refractivity (Wildman–Crippen MR) is 144 cm³/mol. The Bertz CT molecular complexity index is 1250. The molecule has 2 unspecified atom stereocenters. The molecule has 2 atom stereocenters. The maximum Gasteiger partial charge on any atom is 0.451 e. The fourth-order valence-electron chi connectivity index (χ4n) is 5.20. The number of nitrogens with one attached hydrogen (secondary N) is 1. The molecule has 3 aromatic rings. The monoisotopic (exact) mass is 579 g/mol. The first-order valence-corrected chi connectivity index (χ1v) is 14.9. The van der Waals surface area contributed by atoms with Gasteiger partial charge in [0.1, 0.15) is 11.8 Å². The van der Waals surface area contributed by atoms with E-state index in [2.05, 4.69) is 38.2 Å². The van der Waals surface area contributed by atoms with Crippen LogP contribution < -0.4 is 5.32 Å². The van der Waals surface area contributed by atoms with Gasteiger partial charge in [0, 0.05) is 64.5 Å². The van der Waals surface area contributed by atoms with Crippen molar-refractivity contribution in [1.82, 2.24) is 25.2 Å². The molecule has 2 aliphatic heterocycles. The Morgan fingerprint density at radius 1 is 1.18 bits per heavy atom. The minimum absolute atomic E-state index is 0.110. The van der Waals surface area contributed by atoms with Gasteiger partial charge in [-0.2, -0.15) is 13.2 Å². The first-order valence-electron chi connectivity index (χ1n) is 13.1. The number of nitrogens with zero attached hydrogens (tertiary/aromatic N) is 4. The van der Waals surface area contributed by atoms with E-state index in [0.717, 1.165) is 53.6 Å². The number of alkyl halides is 3. The van der Waals surface area contributed by atoms with Crippen LogP contribution in [0.25, 0.3) is 0 Å². The lowest BCUT2D eigenvalue weighted by Gasteiger charge is -2.45. The van der Waals surface area contributed by atoms with Crippen molar-refractivity contribution in [1.29, 1.82) is 0 Å². The zero-order chi connectivity index (χ0) is 27.6. The number of halogens is 3. The first-order chi connectivity index (χ1) is 18.7. The van der Waals surface area contributed by atoms with Crippen LogP contribution >= 0.6 is 23.1 Å². The SMILES string of the molecule is CCSc1ccc(CNC(O)c2cc3c(s2)C2(CCN(C(C)c4cnc(C(F)(F)F)nc4)CC2)OCC3)nc1. The van der Waals surface area contributed by atoms with E-state index in [1.165, 1.54) is 22.8 Å². The molecule has 5 rings (SSSR count). The number of ether oxygens (including phenoxy) is 1. The van der Waals surface area contributed by atoms with E-state index in [1.54, 1.807) is 23.1 Å². The summed E-state index contributed by atoms with van der Waals surface area (Å²) < 4.78 is 44.9. The number of hydrogen-bond acceptors (Lipinski definition) is 9. The van der Waals surface area contributed by atoms with Crippen molar-refractivity contribution in [3.05, 3.63) is 69.2 Å². The van der Waals surface area contributed by atoms with Gasteiger partial charge in [-0.1, -0.05) is 6.92 Å². The molecule has 39 heavy (non-hydrogen) atoms. The number of fused-ring (bicyclic) bond motifs is 2. The van der Waals surface area contributed by atoms with Crippen LogP contribution in [0.4, 0.5) is 13.2 Å². The quantitative estimate of drug-likeness (QED) is 0.269. The Hall–Kier alpha value is -2.09. The van der Waals surface area contributed by atoms with Gasteiger partial charge in [0.05, 0.1) is 12.3 Å². The van der Waals surface area contributed by atoms with Crippen molar-refractivity contribution in [2.75, 3.05) is 25.4 Å². The van der Waals surface area contributed by atoms with Crippen LogP contribution in [0.15, 0.2) is 41.7 Å². The molecule has 0 amide bonds. The number of thioether (sulfide) groups is 1. The third kappa shape index (κ3) is 6.31. The molecular formula is C27H32F3N5O2S2. The number of aliphatic hydroxyl groups excluding tert-OH is 1. The van der Waals surface area contributed by atoms with Crippen molar-refractivity contribution in [3.63, 3.8) is 0 Å². The lowest BCUT2D eigenvalue weighted by atomic mass is 9.84. The van der Waals surface area contributed by atoms with Crippen molar-refractivity contribution in [2.24, 2.45) is 0 Å². The highest BCUT2D eigenvalue weighted by Gasteiger charge is 2.43. The number of aromatic nitrogens is 3. The number of hydrogen-bond donors (Lipinski definition) is 2. The fourth-order valence-corrected chi connectivity index (χ4v) is 7.20. The third-order valence-corrected chi connectivity index (χ3v) is 9.69. The van der Waals surface area contributed by atoms with Crippen LogP contribution in [0.2, 0.25) is 0 Å². The summed E-state index contributed by atoms with van der Waals surface area (Å²) >= 11 is 3.34. The fraction of sp³-hybridized carbons (Fsp3) is 0.519. The smallest absolute Gasteiger partial charge is 0.373 e. The van der Waals surface area contributed by atoms with E-state index in [9.17, 15) is 18.3 Å². The molecule has 7 nitrogen and oxygen atoms in total. The van der Waals surface area contributed by atoms with Gasteiger partial charge in [0.15, 0.2) is 0 Å². The maximum absolute atomic E-state index is 12.8. The molecule has 2 N–H and O–H groups in total. The summed E-state index contributed by atoms with van der Waals surface area (Å²) in [6, 6.07) is 6.00. The van der Waals surface area contributed by atoms with E-state index < -0.39 is 23.8 Å². The van der Waals surface area contributed by atoms with E-state index in [1.807, 2.05) is 25.3 Å². The Kier molecular flexibility index (Phi) is 8.60. The average Bonchev–Trinajstić information content (AvgIpc) is 3.39. The van der Waals surface area contributed by atoms with Gasteiger partial charge < -0.3 is 9.84 Å². The summed E-state index contributed by atoms with van der Waals surface area (Å²) in [5, 5.41) is 14.1. The summed E-state index contributed by atoms with van der Waals surface area (Å²) in [5.41, 5.74) is 2.34. The molecule has 2 aliphatic rings. The third-order valence-electron chi connectivity index (χ3n) is 7.41. The van der Waals surface area contributed by atoms with Crippen LogP contribution in [0.3, 0.4) is 0 Å². The molecular weight excluding hydrogens is 547 g/mol. The van der Waals surface area contributed by atoms with Crippen molar-refractivity contribution in [2.45, 2.75) is 68.6 Å². The molecule has 3 aromatic heterocycles. The number of aliphatic hydroxyl groups is 1. The first kappa shape index (κ1) is 28.4. The molecule has 5 heterocycles. The molecule has 0 radical (unpaired) electrons. The van der Waals surface area contributed by atoms with Gasteiger partial charge in [-0.25, -0.2) is 9.97 Å². The summed E-state index contributed by atoms with van der Waals surface area (Å²) in [4.78, 5) is 16.9. The van der Waals surface area contributed by atoms with Gasteiger partial charge in [0.25, 0.3) is 0 Å². The number of piperidine rings is 1. The van der Waals surface area contributed by atoms with E-state index in [4.69, 9.17) is 4.74 Å². The lowest BCUT2D eigenvalue weighted by Crippen LogP contribution is -2.46. The van der Waals surface area contributed by atoms with E-state index >= 15 is 0 Å². The van der Waals surface area contributed by atoms with Gasteiger partial charge >= 0.3 is 6.18 Å². The summed E-state index contributed by atoms with van der Waals surface area (Å²) in [6.45, 7) is 6.62. The molecule has 1 saturated heterocycles. The number of rotatable bonds is 8. The van der Waals surface area contributed by atoms with Crippen molar-refractivity contribution in [3.8, 4) is 0 Å². The van der Waals surface area contributed by atoms with Crippen LogP contribution in [0.5, 0.6) is 0 Å². The van der Waals surface area contributed by atoms with Crippen LogP contribution in [0.1, 0.15) is 71.4 Å². The summed E-state index contributed by atoms with van der Waals surface area (Å²) in [7, 11) is 0. The normalized spacial score (nSPS) is 19.1. The Balaban J connectivity index is 1.22. The van der Waals surface area contributed by atoms with Gasteiger partial charge in [-0.05, 0) is 55.7 Å². The molecule has 0 saturated carbocycles. The van der Waals surface area contributed by atoms with Crippen LogP contribution in [0, 0.1) is 0 Å². The summed E-state index contributed by atoms with van der Waals surface area (Å²) in [6.07, 6.45) is 1.39. The highest BCUT2D eigenvalue weighted by atomic mass is 32.2. The number of likely N-dealkylation sites (tertiary alicyclic amines) is 1. The molecule has 0 aliphatic carbocycles. The largest absolute Gasteiger partial charge is 0.451 e. The second-order valence-corrected chi connectivity index (χ2v) is 12.3. The van der Waals surface area contributed by atoms with Gasteiger partial charge in [0.2, 0.25) is 5.82 Å². The second kappa shape index (κ2) is 11.8. The van der Waals surface area contributed by atoms with Crippen LogP contribution in [-0.2, 0) is 29.5 Å². The molecule has 0 bridgehead atoms. The molecule has 0 aromatic carbocycles. The topological polar surface area (TPSA) is 83.4 Å². The molecule has 1 spiro atoms.